The SMILES string of the molecule is COCCNC(=O)Cn1nc2c(c1NC(=O)c1ccc([N+](=O)[O-])o1)CSC2. The molecule has 0 fully saturated rings. The summed E-state index contributed by atoms with van der Waals surface area (Å²) in [4.78, 5) is 34.4. The number of rotatable bonds is 8. The van der Waals surface area contributed by atoms with E-state index in [0.717, 1.165) is 17.3 Å². The van der Waals surface area contributed by atoms with Crippen molar-refractivity contribution in [2.45, 2.75) is 18.1 Å². The Labute approximate surface area is 157 Å². The Kier molecular flexibility index (Phi) is 5.76. The van der Waals surface area contributed by atoms with Crippen LogP contribution in [0.1, 0.15) is 21.8 Å². The van der Waals surface area contributed by atoms with Crippen LogP contribution in [0.3, 0.4) is 0 Å². The minimum Gasteiger partial charge on any atom is -0.395 e. The molecule has 0 unspecified atom stereocenters. The molecule has 1 aliphatic heterocycles. The number of nitrogens with zero attached hydrogens (tertiary/aromatic N) is 3. The Morgan fingerprint density at radius 2 is 2.26 bits per heavy atom. The summed E-state index contributed by atoms with van der Waals surface area (Å²) in [6, 6.07) is 2.33. The van der Waals surface area contributed by atoms with Crippen LogP contribution in [0.5, 0.6) is 0 Å². The van der Waals surface area contributed by atoms with Gasteiger partial charge in [-0.2, -0.15) is 16.9 Å². The number of ether oxygens (including phenoxy) is 1. The molecule has 3 rings (SSSR count). The van der Waals surface area contributed by atoms with E-state index in [1.807, 2.05) is 0 Å². The zero-order chi connectivity index (χ0) is 19.4. The first-order valence-electron chi connectivity index (χ1n) is 7.97. The van der Waals surface area contributed by atoms with Crippen LogP contribution in [-0.2, 0) is 27.6 Å². The molecule has 144 valence electrons. The quantitative estimate of drug-likeness (QED) is 0.385. The minimum atomic E-state index is -0.722. The van der Waals surface area contributed by atoms with Gasteiger partial charge in [0.2, 0.25) is 5.91 Å². The van der Waals surface area contributed by atoms with Crippen LogP contribution in [0.25, 0.3) is 0 Å². The molecule has 0 aliphatic carbocycles. The fraction of sp³-hybridized carbons (Fsp3) is 0.400. The molecule has 2 aromatic rings. The summed E-state index contributed by atoms with van der Waals surface area (Å²) >= 11 is 1.64. The van der Waals surface area contributed by atoms with Crippen molar-refractivity contribution in [3.8, 4) is 0 Å². The number of hydrogen-bond donors (Lipinski definition) is 2. The molecule has 0 saturated carbocycles. The number of amides is 2. The fourth-order valence-corrected chi connectivity index (χ4v) is 3.56. The van der Waals surface area contributed by atoms with Gasteiger partial charge in [-0.05, 0) is 6.07 Å². The number of anilines is 1. The first-order chi connectivity index (χ1) is 13.0. The number of furan rings is 1. The van der Waals surface area contributed by atoms with Gasteiger partial charge in [0.15, 0.2) is 5.76 Å². The summed E-state index contributed by atoms with van der Waals surface area (Å²) in [6.07, 6.45) is 0. The molecule has 12 heteroatoms. The highest BCUT2D eigenvalue weighted by Crippen LogP contribution is 2.35. The van der Waals surface area contributed by atoms with E-state index in [1.165, 1.54) is 17.9 Å². The van der Waals surface area contributed by atoms with Crippen LogP contribution in [0.4, 0.5) is 11.7 Å². The van der Waals surface area contributed by atoms with E-state index in [2.05, 4.69) is 15.7 Å². The molecule has 0 aromatic carbocycles. The molecular formula is C15H17N5O6S. The summed E-state index contributed by atoms with van der Waals surface area (Å²) in [6.45, 7) is 0.679. The molecular weight excluding hydrogens is 378 g/mol. The molecule has 0 radical (unpaired) electrons. The maximum absolute atomic E-state index is 12.4. The molecule has 0 saturated heterocycles. The van der Waals surface area contributed by atoms with Gasteiger partial charge in [-0.15, -0.1) is 0 Å². The predicted molar refractivity (Wildman–Crippen MR) is 95.4 cm³/mol. The zero-order valence-electron chi connectivity index (χ0n) is 14.4. The largest absolute Gasteiger partial charge is 0.433 e. The number of hydrogen-bond acceptors (Lipinski definition) is 8. The van der Waals surface area contributed by atoms with Crippen LogP contribution in [0.15, 0.2) is 16.5 Å². The van der Waals surface area contributed by atoms with Gasteiger partial charge < -0.3 is 19.8 Å². The van der Waals surface area contributed by atoms with Gasteiger partial charge in [-0.25, -0.2) is 4.68 Å². The molecule has 2 aromatic heterocycles. The van der Waals surface area contributed by atoms with Crippen molar-refractivity contribution in [1.29, 1.82) is 0 Å². The van der Waals surface area contributed by atoms with E-state index in [1.54, 1.807) is 11.8 Å². The van der Waals surface area contributed by atoms with Crippen molar-refractivity contribution in [3.05, 3.63) is 39.3 Å². The molecule has 11 nitrogen and oxygen atoms in total. The lowest BCUT2D eigenvalue weighted by atomic mass is 10.2. The van der Waals surface area contributed by atoms with E-state index < -0.39 is 16.7 Å². The van der Waals surface area contributed by atoms with Gasteiger partial charge in [-0.3, -0.25) is 19.7 Å². The van der Waals surface area contributed by atoms with E-state index in [0.29, 0.717) is 30.5 Å². The number of carbonyl (C=O) groups excluding carboxylic acids is 2. The summed E-state index contributed by atoms with van der Waals surface area (Å²) in [5.41, 5.74) is 1.63. The summed E-state index contributed by atoms with van der Waals surface area (Å²) < 4.78 is 11.2. The van der Waals surface area contributed by atoms with E-state index in [9.17, 15) is 19.7 Å². The number of carbonyl (C=O) groups is 2. The van der Waals surface area contributed by atoms with Crippen molar-refractivity contribution < 1.29 is 23.7 Å². The van der Waals surface area contributed by atoms with Gasteiger partial charge >= 0.3 is 5.88 Å². The Morgan fingerprint density at radius 1 is 1.44 bits per heavy atom. The topological polar surface area (TPSA) is 142 Å². The maximum atomic E-state index is 12.4. The third-order valence-corrected chi connectivity index (χ3v) is 4.74. The third-order valence-electron chi connectivity index (χ3n) is 3.77. The van der Waals surface area contributed by atoms with Crippen LogP contribution in [0, 0.1) is 10.1 Å². The monoisotopic (exact) mass is 395 g/mol. The average Bonchev–Trinajstić information content (AvgIpc) is 3.33. The van der Waals surface area contributed by atoms with Crippen LogP contribution >= 0.6 is 11.8 Å². The van der Waals surface area contributed by atoms with Crippen molar-refractivity contribution in [2.24, 2.45) is 0 Å². The maximum Gasteiger partial charge on any atom is 0.433 e. The molecule has 3 heterocycles. The standard InChI is InChI=1S/C15H17N5O6S/c1-25-5-4-16-12(21)6-19-14(9-7-27-8-10(9)18-19)17-15(22)11-2-3-13(26-11)20(23)24/h2-3H,4-8H2,1H3,(H,16,21)(H,17,22). The smallest absolute Gasteiger partial charge is 0.395 e. The second-order valence-electron chi connectivity index (χ2n) is 5.62. The molecule has 0 bridgehead atoms. The molecule has 1 aliphatic rings. The third kappa shape index (κ3) is 4.28. The number of nitro groups is 1. The molecule has 2 amide bonds. The second kappa shape index (κ2) is 8.22. The highest BCUT2D eigenvalue weighted by atomic mass is 32.2. The first-order valence-corrected chi connectivity index (χ1v) is 9.12. The van der Waals surface area contributed by atoms with E-state index in [4.69, 9.17) is 9.15 Å². The molecule has 0 spiro atoms. The highest BCUT2D eigenvalue weighted by Gasteiger charge is 2.26. The predicted octanol–water partition coefficient (Wildman–Crippen LogP) is 1.15. The summed E-state index contributed by atoms with van der Waals surface area (Å²) in [5, 5.41) is 20.4. The van der Waals surface area contributed by atoms with Gasteiger partial charge in [0, 0.05) is 30.7 Å². The lowest BCUT2D eigenvalue weighted by Gasteiger charge is -2.10. The second-order valence-corrected chi connectivity index (χ2v) is 6.60. The van der Waals surface area contributed by atoms with Gasteiger partial charge in [0.25, 0.3) is 5.91 Å². The molecule has 2 N–H and O–H groups in total. The number of methoxy groups -OCH3 is 1. The van der Waals surface area contributed by atoms with Crippen LogP contribution < -0.4 is 10.6 Å². The Morgan fingerprint density at radius 3 is 2.96 bits per heavy atom. The summed E-state index contributed by atoms with van der Waals surface area (Å²) in [5.74, 6) is 0.0807. The van der Waals surface area contributed by atoms with Gasteiger partial charge in [-0.1, -0.05) is 0 Å². The lowest BCUT2D eigenvalue weighted by molar-refractivity contribution is -0.402. The fourth-order valence-electron chi connectivity index (χ4n) is 2.52. The van der Waals surface area contributed by atoms with Crippen LogP contribution in [-0.4, -0.2) is 46.8 Å². The Balaban J connectivity index is 1.76. The number of fused-ring (bicyclic) bond motifs is 1. The van der Waals surface area contributed by atoms with Crippen molar-refractivity contribution in [2.75, 3.05) is 25.6 Å². The van der Waals surface area contributed by atoms with Crippen molar-refractivity contribution in [1.82, 2.24) is 15.1 Å². The molecule has 27 heavy (non-hydrogen) atoms. The number of thioether (sulfide) groups is 1. The Bertz CT molecular complexity index is 876. The van der Waals surface area contributed by atoms with E-state index in [-0.39, 0.29) is 18.2 Å². The molecule has 0 atom stereocenters. The zero-order valence-corrected chi connectivity index (χ0v) is 15.2. The number of nitrogens with one attached hydrogen (secondary N) is 2. The van der Waals surface area contributed by atoms with Gasteiger partial charge in [0.1, 0.15) is 17.3 Å². The van der Waals surface area contributed by atoms with E-state index >= 15 is 0 Å². The Hall–Kier alpha value is -2.86. The first kappa shape index (κ1) is 18.9. The lowest BCUT2D eigenvalue weighted by Crippen LogP contribution is -2.31. The normalized spacial score (nSPS) is 12.6. The van der Waals surface area contributed by atoms with Gasteiger partial charge in [0.05, 0.1) is 18.4 Å². The van der Waals surface area contributed by atoms with Crippen molar-refractivity contribution in [3.63, 3.8) is 0 Å². The average molecular weight is 395 g/mol. The van der Waals surface area contributed by atoms with Crippen molar-refractivity contribution >= 4 is 35.3 Å². The number of aromatic nitrogens is 2. The summed E-state index contributed by atoms with van der Waals surface area (Å²) in [7, 11) is 1.54. The van der Waals surface area contributed by atoms with Crippen LogP contribution in [0.2, 0.25) is 0 Å². The minimum absolute atomic E-state index is 0.0741. The highest BCUT2D eigenvalue weighted by molar-refractivity contribution is 7.98.